The molecule has 3 aromatic heterocycles. The lowest BCUT2D eigenvalue weighted by atomic mass is 9.99. The summed E-state index contributed by atoms with van der Waals surface area (Å²) in [5.74, 6) is 2.51. The van der Waals surface area contributed by atoms with Gasteiger partial charge in [-0.1, -0.05) is 146 Å². The Balaban J connectivity index is 1.14. The maximum absolute atomic E-state index is 5.15. The van der Waals surface area contributed by atoms with E-state index >= 15 is 0 Å². The minimum atomic E-state index is 0.613. The number of hydrogen-bond donors (Lipinski definition) is 0. The number of hydrogen-bond acceptors (Lipinski definition) is 6. The van der Waals surface area contributed by atoms with Crippen LogP contribution in [0.2, 0.25) is 0 Å². The van der Waals surface area contributed by atoms with Crippen LogP contribution in [-0.4, -0.2) is 29.9 Å². The van der Waals surface area contributed by atoms with Crippen molar-refractivity contribution < 1.29 is 0 Å². The molecule has 0 aliphatic carbocycles. The SMILES string of the molecule is c1ccc(-c2cc(-c3cccc(-c4cccc(-c5nc(-c6ccccc6)nc(-c6ccccc6)n5)c4)c3)nc(-c3cccc4cccnc34)n2)cc1. The zero-order chi connectivity index (χ0) is 34.7. The molecule has 0 unspecified atom stereocenters. The van der Waals surface area contributed by atoms with E-state index in [1.807, 2.05) is 109 Å². The van der Waals surface area contributed by atoms with Crippen LogP contribution >= 0.6 is 0 Å². The van der Waals surface area contributed by atoms with Gasteiger partial charge < -0.3 is 0 Å². The second kappa shape index (κ2) is 13.6. The Morgan fingerprint density at radius 1 is 0.288 bits per heavy atom. The molecule has 0 aliphatic heterocycles. The quantitative estimate of drug-likeness (QED) is 0.168. The van der Waals surface area contributed by atoms with Crippen molar-refractivity contribution in [2.45, 2.75) is 0 Å². The molecular formula is C46H30N6. The summed E-state index contributed by atoms with van der Waals surface area (Å²) in [6, 6.07) is 59.3. The first-order valence-corrected chi connectivity index (χ1v) is 17.1. The summed E-state index contributed by atoms with van der Waals surface area (Å²) in [6.07, 6.45) is 1.81. The highest BCUT2D eigenvalue weighted by atomic mass is 15.0. The first-order valence-electron chi connectivity index (χ1n) is 17.1. The van der Waals surface area contributed by atoms with Crippen molar-refractivity contribution in [2.24, 2.45) is 0 Å². The Kier molecular flexibility index (Phi) is 8.08. The van der Waals surface area contributed by atoms with Crippen molar-refractivity contribution >= 4 is 10.9 Å². The van der Waals surface area contributed by atoms with Crippen molar-refractivity contribution in [3.63, 3.8) is 0 Å². The average Bonchev–Trinajstić information content (AvgIpc) is 3.24. The largest absolute Gasteiger partial charge is 0.255 e. The normalized spacial score (nSPS) is 11.1. The molecular weight excluding hydrogens is 637 g/mol. The predicted octanol–water partition coefficient (Wildman–Crippen LogP) is 10.9. The predicted molar refractivity (Wildman–Crippen MR) is 209 cm³/mol. The highest BCUT2D eigenvalue weighted by Crippen LogP contribution is 2.33. The summed E-state index contributed by atoms with van der Waals surface area (Å²) >= 11 is 0. The van der Waals surface area contributed by atoms with Gasteiger partial charge in [-0.25, -0.2) is 24.9 Å². The topological polar surface area (TPSA) is 77.3 Å². The lowest BCUT2D eigenvalue weighted by Crippen LogP contribution is -2.00. The number of benzene rings is 6. The molecule has 6 heteroatoms. The van der Waals surface area contributed by atoms with Gasteiger partial charge in [0, 0.05) is 45.0 Å². The van der Waals surface area contributed by atoms with Crippen molar-refractivity contribution in [2.75, 3.05) is 0 Å². The molecule has 0 spiro atoms. The summed E-state index contributed by atoms with van der Waals surface area (Å²) < 4.78 is 0. The molecule has 0 radical (unpaired) electrons. The first kappa shape index (κ1) is 30.8. The minimum Gasteiger partial charge on any atom is -0.255 e. The Morgan fingerprint density at radius 2 is 0.750 bits per heavy atom. The number of rotatable bonds is 7. The van der Waals surface area contributed by atoms with Gasteiger partial charge in [0.15, 0.2) is 23.3 Å². The monoisotopic (exact) mass is 666 g/mol. The van der Waals surface area contributed by atoms with Crippen LogP contribution in [0, 0.1) is 0 Å². The van der Waals surface area contributed by atoms with E-state index in [4.69, 9.17) is 29.9 Å². The number of pyridine rings is 1. The molecule has 0 amide bonds. The van der Waals surface area contributed by atoms with E-state index in [1.54, 1.807) is 0 Å². The Morgan fingerprint density at radius 3 is 1.38 bits per heavy atom. The summed E-state index contributed by atoms with van der Waals surface area (Å²) in [5, 5.41) is 1.04. The van der Waals surface area contributed by atoms with Gasteiger partial charge in [0.2, 0.25) is 0 Å². The number of para-hydroxylation sites is 1. The van der Waals surface area contributed by atoms with Crippen molar-refractivity contribution in [3.8, 4) is 79.2 Å². The molecule has 244 valence electrons. The van der Waals surface area contributed by atoms with Gasteiger partial charge in [0.05, 0.1) is 16.9 Å². The third-order valence-electron chi connectivity index (χ3n) is 8.98. The van der Waals surface area contributed by atoms with Gasteiger partial charge in [0.25, 0.3) is 0 Å². The summed E-state index contributed by atoms with van der Waals surface area (Å²) in [4.78, 5) is 29.7. The molecule has 0 saturated carbocycles. The van der Waals surface area contributed by atoms with Gasteiger partial charge in [-0.3, -0.25) is 4.98 Å². The van der Waals surface area contributed by atoms with Gasteiger partial charge in [-0.05, 0) is 41.5 Å². The number of nitrogens with zero attached hydrogens (tertiary/aromatic N) is 6. The van der Waals surface area contributed by atoms with Crippen LogP contribution in [0.5, 0.6) is 0 Å². The molecule has 9 aromatic rings. The van der Waals surface area contributed by atoms with Crippen LogP contribution in [0.25, 0.3) is 90.1 Å². The fraction of sp³-hybridized carbons (Fsp3) is 0. The van der Waals surface area contributed by atoms with E-state index in [1.165, 1.54) is 0 Å². The first-order chi connectivity index (χ1) is 25.7. The van der Waals surface area contributed by atoms with Gasteiger partial charge >= 0.3 is 0 Å². The van der Waals surface area contributed by atoms with Crippen LogP contribution in [0.1, 0.15) is 0 Å². The van der Waals surface area contributed by atoms with Crippen molar-refractivity contribution in [1.82, 2.24) is 29.9 Å². The summed E-state index contributed by atoms with van der Waals surface area (Å²) in [5.41, 5.74) is 10.3. The summed E-state index contributed by atoms with van der Waals surface area (Å²) in [7, 11) is 0. The van der Waals surface area contributed by atoms with Crippen molar-refractivity contribution in [1.29, 1.82) is 0 Å². The fourth-order valence-electron chi connectivity index (χ4n) is 6.39. The molecule has 9 rings (SSSR count). The zero-order valence-electron chi connectivity index (χ0n) is 28.0. The van der Waals surface area contributed by atoms with Crippen LogP contribution in [0.15, 0.2) is 182 Å². The molecule has 6 nitrogen and oxygen atoms in total. The summed E-state index contributed by atoms with van der Waals surface area (Å²) in [6.45, 7) is 0. The molecule has 0 fully saturated rings. The van der Waals surface area contributed by atoms with E-state index in [2.05, 4.69) is 72.8 Å². The lowest BCUT2D eigenvalue weighted by molar-refractivity contribution is 1.07. The zero-order valence-corrected chi connectivity index (χ0v) is 28.0. The van der Waals surface area contributed by atoms with Crippen LogP contribution in [0.3, 0.4) is 0 Å². The highest BCUT2D eigenvalue weighted by molar-refractivity contribution is 5.92. The fourth-order valence-corrected chi connectivity index (χ4v) is 6.39. The maximum atomic E-state index is 5.15. The Bertz CT molecular complexity index is 2620. The maximum Gasteiger partial charge on any atom is 0.164 e. The Labute approximate surface area is 301 Å². The molecule has 0 bridgehead atoms. The van der Waals surface area contributed by atoms with Crippen LogP contribution in [-0.2, 0) is 0 Å². The van der Waals surface area contributed by atoms with Crippen molar-refractivity contribution in [3.05, 3.63) is 182 Å². The average molecular weight is 667 g/mol. The van der Waals surface area contributed by atoms with Gasteiger partial charge in [0.1, 0.15) is 0 Å². The molecule has 3 heterocycles. The molecule has 6 aromatic carbocycles. The Hall–Kier alpha value is -7.18. The van der Waals surface area contributed by atoms with Gasteiger partial charge in [-0.15, -0.1) is 0 Å². The van der Waals surface area contributed by atoms with E-state index in [0.717, 1.165) is 66.8 Å². The minimum absolute atomic E-state index is 0.613. The number of aromatic nitrogens is 6. The molecule has 52 heavy (non-hydrogen) atoms. The lowest BCUT2D eigenvalue weighted by Gasteiger charge is -2.12. The van der Waals surface area contributed by atoms with E-state index in [0.29, 0.717) is 23.3 Å². The standard InChI is InChI=1S/C46H30N6/c1-4-14-31(15-5-1)40-30-41(49-46(48-40)39-26-12-20-32-25-13-27-47-42(32)39)37-23-10-21-35(28-37)36-22-11-24-38(29-36)45-51-43(33-16-6-2-7-17-33)50-44(52-45)34-18-8-3-9-19-34/h1-30H. The van der Waals surface area contributed by atoms with E-state index in [-0.39, 0.29) is 0 Å². The van der Waals surface area contributed by atoms with E-state index in [9.17, 15) is 0 Å². The molecule has 0 N–H and O–H groups in total. The second-order valence-electron chi connectivity index (χ2n) is 12.4. The smallest absolute Gasteiger partial charge is 0.164 e. The van der Waals surface area contributed by atoms with E-state index < -0.39 is 0 Å². The van der Waals surface area contributed by atoms with Crippen LogP contribution < -0.4 is 0 Å². The van der Waals surface area contributed by atoms with Gasteiger partial charge in [-0.2, -0.15) is 0 Å². The third kappa shape index (κ3) is 6.21. The highest BCUT2D eigenvalue weighted by Gasteiger charge is 2.16. The number of fused-ring (bicyclic) bond motifs is 1. The molecule has 0 saturated heterocycles. The second-order valence-corrected chi connectivity index (χ2v) is 12.4. The molecule has 0 atom stereocenters. The van der Waals surface area contributed by atoms with Crippen LogP contribution in [0.4, 0.5) is 0 Å². The third-order valence-corrected chi connectivity index (χ3v) is 8.98. The molecule has 0 aliphatic rings.